The Morgan fingerprint density at radius 3 is 2.50 bits per heavy atom. The zero-order valence-corrected chi connectivity index (χ0v) is 15.0. The van der Waals surface area contributed by atoms with Gasteiger partial charge in [-0.05, 0) is 48.5 Å². The molecule has 1 atom stereocenters. The summed E-state index contributed by atoms with van der Waals surface area (Å²) in [6.07, 6.45) is 0. The smallest absolute Gasteiger partial charge is 0.167 e. The standard InChI is InChI=1S/C17H19BrN2OS/c1-12(15-5-3-4-6-16(15)18)20-17(22)19-11-13-7-9-14(21-2)10-8-13/h3-10,12H,11H2,1-2H3,(H2,19,20,22)/t12-/m0/s1. The fraction of sp³-hybridized carbons (Fsp3) is 0.235. The van der Waals surface area contributed by atoms with Crippen molar-refractivity contribution in [2.24, 2.45) is 0 Å². The van der Waals surface area contributed by atoms with Crippen LogP contribution in [0, 0.1) is 0 Å². The van der Waals surface area contributed by atoms with Gasteiger partial charge >= 0.3 is 0 Å². The van der Waals surface area contributed by atoms with Crippen molar-refractivity contribution in [3.63, 3.8) is 0 Å². The highest BCUT2D eigenvalue weighted by atomic mass is 79.9. The molecular weight excluding hydrogens is 360 g/mol. The largest absolute Gasteiger partial charge is 0.497 e. The fourth-order valence-electron chi connectivity index (χ4n) is 2.08. The van der Waals surface area contributed by atoms with Crippen molar-refractivity contribution < 1.29 is 4.74 Å². The number of nitrogens with one attached hydrogen (secondary N) is 2. The van der Waals surface area contributed by atoms with Crippen LogP contribution in [0.3, 0.4) is 0 Å². The van der Waals surface area contributed by atoms with Gasteiger partial charge in [-0.2, -0.15) is 0 Å². The predicted molar refractivity (Wildman–Crippen MR) is 98.1 cm³/mol. The number of rotatable bonds is 5. The molecule has 2 N–H and O–H groups in total. The van der Waals surface area contributed by atoms with Gasteiger partial charge in [-0.1, -0.05) is 46.3 Å². The highest BCUT2D eigenvalue weighted by Gasteiger charge is 2.09. The molecule has 2 aromatic carbocycles. The SMILES string of the molecule is COc1ccc(CNC(=S)N[C@@H](C)c2ccccc2Br)cc1. The van der Waals surface area contributed by atoms with Crippen LogP contribution >= 0.6 is 28.1 Å². The summed E-state index contributed by atoms with van der Waals surface area (Å²) < 4.78 is 6.22. The van der Waals surface area contributed by atoms with Gasteiger partial charge in [-0.15, -0.1) is 0 Å². The molecule has 0 amide bonds. The van der Waals surface area contributed by atoms with E-state index >= 15 is 0 Å². The third-order valence-corrected chi connectivity index (χ3v) is 4.32. The Labute approximate surface area is 145 Å². The van der Waals surface area contributed by atoms with Gasteiger partial charge in [0.25, 0.3) is 0 Å². The minimum absolute atomic E-state index is 0.131. The van der Waals surface area contributed by atoms with Crippen molar-refractivity contribution in [1.29, 1.82) is 0 Å². The Hall–Kier alpha value is -1.59. The van der Waals surface area contributed by atoms with E-state index in [0.717, 1.165) is 15.8 Å². The summed E-state index contributed by atoms with van der Waals surface area (Å²) in [5.41, 5.74) is 2.33. The molecule has 0 aliphatic rings. The van der Waals surface area contributed by atoms with Crippen LogP contribution in [0.15, 0.2) is 53.0 Å². The quantitative estimate of drug-likeness (QED) is 0.764. The topological polar surface area (TPSA) is 33.3 Å². The van der Waals surface area contributed by atoms with Gasteiger partial charge in [-0.25, -0.2) is 0 Å². The zero-order chi connectivity index (χ0) is 15.9. The van der Waals surface area contributed by atoms with E-state index in [2.05, 4.69) is 39.6 Å². The number of ether oxygens (including phenoxy) is 1. The number of thiocarbonyl (C=S) groups is 1. The monoisotopic (exact) mass is 378 g/mol. The summed E-state index contributed by atoms with van der Waals surface area (Å²) >= 11 is 8.92. The van der Waals surface area contributed by atoms with Crippen molar-refractivity contribution in [2.45, 2.75) is 19.5 Å². The van der Waals surface area contributed by atoms with E-state index in [9.17, 15) is 0 Å². The minimum Gasteiger partial charge on any atom is -0.497 e. The molecule has 0 fully saturated rings. The second-order valence-corrected chi connectivity index (χ2v) is 6.18. The minimum atomic E-state index is 0.131. The van der Waals surface area contributed by atoms with E-state index in [1.807, 2.05) is 42.5 Å². The molecule has 0 saturated heterocycles. The van der Waals surface area contributed by atoms with Crippen molar-refractivity contribution in [1.82, 2.24) is 10.6 Å². The zero-order valence-electron chi connectivity index (χ0n) is 12.6. The molecule has 0 saturated carbocycles. The Balaban J connectivity index is 1.86. The van der Waals surface area contributed by atoms with Gasteiger partial charge in [-0.3, -0.25) is 0 Å². The second-order valence-electron chi connectivity index (χ2n) is 4.92. The highest BCUT2D eigenvalue weighted by molar-refractivity contribution is 9.10. The first-order valence-corrected chi connectivity index (χ1v) is 8.22. The molecule has 0 bridgehead atoms. The molecule has 0 aliphatic heterocycles. The van der Waals surface area contributed by atoms with E-state index < -0.39 is 0 Å². The van der Waals surface area contributed by atoms with E-state index in [1.54, 1.807) is 7.11 Å². The Morgan fingerprint density at radius 2 is 1.86 bits per heavy atom. The molecule has 3 nitrogen and oxygen atoms in total. The lowest BCUT2D eigenvalue weighted by atomic mass is 10.1. The maximum atomic E-state index is 5.36. The average Bonchev–Trinajstić information content (AvgIpc) is 2.53. The third kappa shape index (κ3) is 4.71. The van der Waals surface area contributed by atoms with Crippen LogP contribution in [0.25, 0.3) is 0 Å². The number of hydrogen-bond donors (Lipinski definition) is 2. The fourth-order valence-corrected chi connectivity index (χ4v) is 2.95. The number of hydrogen-bond acceptors (Lipinski definition) is 2. The number of benzene rings is 2. The molecule has 5 heteroatoms. The van der Waals surface area contributed by atoms with Crippen LogP contribution < -0.4 is 15.4 Å². The van der Waals surface area contributed by atoms with Crippen LogP contribution in [0.2, 0.25) is 0 Å². The van der Waals surface area contributed by atoms with Crippen LogP contribution in [0.5, 0.6) is 5.75 Å². The maximum absolute atomic E-state index is 5.36. The van der Waals surface area contributed by atoms with Crippen LogP contribution in [0.1, 0.15) is 24.1 Å². The summed E-state index contributed by atoms with van der Waals surface area (Å²) in [6, 6.07) is 16.2. The van der Waals surface area contributed by atoms with Crippen LogP contribution in [-0.2, 0) is 6.54 Å². The Bertz CT molecular complexity index is 631. The van der Waals surface area contributed by atoms with Crippen molar-refractivity contribution in [3.05, 3.63) is 64.1 Å². The lowest BCUT2D eigenvalue weighted by Gasteiger charge is -2.18. The van der Waals surface area contributed by atoms with Gasteiger partial charge in [0.1, 0.15) is 5.75 Å². The van der Waals surface area contributed by atoms with Crippen LogP contribution in [-0.4, -0.2) is 12.2 Å². The van der Waals surface area contributed by atoms with E-state index in [-0.39, 0.29) is 6.04 Å². The first kappa shape index (κ1) is 16.8. The number of halogens is 1. The molecule has 0 heterocycles. The molecule has 116 valence electrons. The molecule has 22 heavy (non-hydrogen) atoms. The molecular formula is C17H19BrN2OS. The molecule has 0 radical (unpaired) electrons. The first-order chi connectivity index (χ1) is 10.6. The van der Waals surface area contributed by atoms with E-state index in [1.165, 1.54) is 5.56 Å². The molecule has 0 aliphatic carbocycles. The van der Waals surface area contributed by atoms with Crippen molar-refractivity contribution in [2.75, 3.05) is 7.11 Å². The normalized spacial score (nSPS) is 11.6. The molecule has 0 unspecified atom stereocenters. The third-order valence-electron chi connectivity index (χ3n) is 3.33. The average molecular weight is 379 g/mol. The van der Waals surface area contributed by atoms with E-state index in [0.29, 0.717) is 11.7 Å². The lowest BCUT2D eigenvalue weighted by Crippen LogP contribution is -2.36. The molecule has 0 spiro atoms. The van der Waals surface area contributed by atoms with Crippen molar-refractivity contribution >= 4 is 33.3 Å². The molecule has 2 rings (SSSR count). The second kappa shape index (κ2) is 8.15. The first-order valence-electron chi connectivity index (χ1n) is 7.02. The molecule has 0 aromatic heterocycles. The summed E-state index contributed by atoms with van der Waals surface area (Å²) in [6.45, 7) is 2.76. The van der Waals surface area contributed by atoms with Gasteiger partial charge in [0.2, 0.25) is 0 Å². The highest BCUT2D eigenvalue weighted by Crippen LogP contribution is 2.22. The lowest BCUT2D eigenvalue weighted by molar-refractivity contribution is 0.414. The van der Waals surface area contributed by atoms with Gasteiger partial charge in [0.05, 0.1) is 13.2 Å². The summed E-state index contributed by atoms with van der Waals surface area (Å²) in [5.74, 6) is 0.854. The molecule has 2 aromatic rings. The van der Waals surface area contributed by atoms with Crippen LogP contribution in [0.4, 0.5) is 0 Å². The van der Waals surface area contributed by atoms with E-state index in [4.69, 9.17) is 17.0 Å². The summed E-state index contributed by atoms with van der Waals surface area (Å²) in [5, 5.41) is 7.15. The Morgan fingerprint density at radius 1 is 1.18 bits per heavy atom. The number of methoxy groups -OCH3 is 1. The summed E-state index contributed by atoms with van der Waals surface area (Å²) in [4.78, 5) is 0. The summed E-state index contributed by atoms with van der Waals surface area (Å²) in [7, 11) is 1.66. The predicted octanol–water partition coefficient (Wildman–Crippen LogP) is 4.18. The van der Waals surface area contributed by atoms with Crippen molar-refractivity contribution in [3.8, 4) is 5.75 Å². The van der Waals surface area contributed by atoms with Gasteiger partial charge in [0.15, 0.2) is 5.11 Å². The van der Waals surface area contributed by atoms with Gasteiger partial charge in [0, 0.05) is 11.0 Å². The Kier molecular flexibility index (Phi) is 6.21. The van der Waals surface area contributed by atoms with Gasteiger partial charge < -0.3 is 15.4 Å². The maximum Gasteiger partial charge on any atom is 0.167 e.